The molecule has 2 fully saturated rings. The Morgan fingerprint density at radius 2 is 2.16 bits per heavy atom. The van der Waals surface area contributed by atoms with E-state index >= 15 is 0 Å². The summed E-state index contributed by atoms with van der Waals surface area (Å²) in [4.78, 5) is 16.9. The number of aromatic nitrogens is 2. The first-order valence-electron chi connectivity index (χ1n) is 9.42. The van der Waals surface area contributed by atoms with E-state index in [1.165, 1.54) is 12.8 Å². The van der Waals surface area contributed by atoms with Gasteiger partial charge in [0.05, 0.1) is 24.9 Å². The molecule has 2 aliphatic rings. The molecule has 0 unspecified atom stereocenters. The van der Waals surface area contributed by atoms with Crippen molar-refractivity contribution in [3.8, 4) is 0 Å². The minimum Gasteiger partial charge on any atom is -0.392 e. The van der Waals surface area contributed by atoms with Crippen molar-refractivity contribution in [2.45, 2.75) is 51.8 Å². The van der Waals surface area contributed by atoms with Gasteiger partial charge >= 0.3 is 0 Å². The van der Waals surface area contributed by atoms with Crippen molar-refractivity contribution in [2.24, 2.45) is 5.92 Å². The van der Waals surface area contributed by atoms with Crippen molar-refractivity contribution in [1.82, 2.24) is 19.6 Å². The smallest absolute Gasteiger partial charge is 0.239 e. The van der Waals surface area contributed by atoms with Crippen LogP contribution in [0, 0.1) is 5.92 Å². The summed E-state index contributed by atoms with van der Waals surface area (Å²) in [5, 5.41) is 17.0. The molecule has 1 amide bonds. The van der Waals surface area contributed by atoms with Gasteiger partial charge < -0.3 is 10.4 Å². The highest BCUT2D eigenvalue weighted by atomic mass is 16.3. The molecular formula is C18H31N5O2. The second-order valence-electron chi connectivity index (χ2n) is 7.72. The maximum Gasteiger partial charge on any atom is 0.239 e. The number of nitrogens with zero attached hydrogens (tertiary/aromatic N) is 4. The molecule has 0 spiro atoms. The molecule has 1 aliphatic heterocycles. The Morgan fingerprint density at radius 3 is 2.80 bits per heavy atom. The largest absolute Gasteiger partial charge is 0.392 e. The molecule has 7 nitrogen and oxygen atoms in total. The van der Waals surface area contributed by atoms with E-state index in [0.29, 0.717) is 31.1 Å². The van der Waals surface area contributed by atoms with Crippen LogP contribution in [0.1, 0.15) is 39.7 Å². The predicted molar refractivity (Wildman–Crippen MR) is 97.4 cm³/mol. The highest BCUT2D eigenvalue weighted by Crippen LogP contribution is 2.40. The first-order chi connectivity index (χ1) is 11.9. The monoisotopic (exact) mass is 349 g/mol. The van der Waals surface area contributed by atoms with Crippen molar-refractivity contribution in [3.05, 3.63) is 12.3 Å². The van der Waals surface area contributed by atoms with Gasteiger partial charge in [0.25, 0.3) is 0 Å². The summed E-state index contributed by atoms with van der Waals surface area (Å²) in [6, 6.07) is 2.56. The van der Waals surface area contributed by atoms with Gasteiger partial charge in [-0.15, -0.1) is 0 Å². The standard InChI is InChI=1S/C18H31N5O2/c1-13-10-21(8-9-22(13)11-14(2)24)12-18(25)20-17-6-7-19-23(17)15(3)16-4-5-16/h6-7,13-16,24H,4-5,8-12H2,1-3H3,(H,20,25)/t13-,14-,15+/m0/s1. The topological polar surface area (TPSA) is 73.6 Å². The zero-order valence-electron chi connectivity index (χ0n) is 15.6. The van der Waals surface area contributed by atoms with Crippen LogP contribution in [0.25, 0.3) is 0 Å². The highest BCUT2D eigenvalue weighted by Gasteiger charge is 2.31. The number of anilines is 1. The Morgan fingerprint density at radius 1 is 1.40 bits per heavy atom. The van der Waals surface area contributed by atoms with Gasteiger partial charge in [0.1, 0.15) is 5.82 Å². The zero-order chi connectivity index (χ0) is 18.0. The van der Waals surface area contributed by atoms with Gasteiger partial charge in [0, 0.05) is 38.3 Å². The molecule has 2 heterocycles. The van der Waals surface area contributed by atoms with Crippen LogP contribution < -0.4 is 5.32 Å². The number of hydrogen-bond acceptors (Lipinski definition) is 5. The molecule has 7 heteroatoms. The van der Waals surface area contributed by atoms with Crippen molar-refractivity contribution in [2.75, 3.05) is 38.0 Å². The van der Waals surface area contributed by atoms with E-state index in [9.17, 15) is 9.90 Å². The summed E-state index contributed by atoms with van der Waals surface area (Å²) < 4.78 is 1.94. The number of aliphatic hydroxyl groups is 1. The Balaban J connectivity index is 1.49. The number of β-amino-alcohol motifs (C(OH)–C–C–N with tert-alkyl or cyclic N) is 1. The molecule has 3 rings (SSSR count). The van der Waals surface area contributed by atoms with Crippen LogP contribution in [0.2, 0.25) is 0 Å². The number of hydrogen-bond donors (Lipinski definition) is 2. The minimum atomic E-state index is -0.314. The maximum atomic E-state index is 12.5. The fourth-order valence-corrected chi connectivity index (χ4v) is 3.73. The van der Waals surface area contributed by atoms with Crippen LogP contribution in [0.5, 0.6) is 0 Å². The molecule has 0 radical (unpaired) electrons. The molecular weight excluding hydrogens is 318 g/mol. The zero-order valence-corrected chi connectivity index (χ0v) is 15.6. The van der Waals surface area contributed by atoms with Crippen molar-refractivity contribution >= 4 is 11.7 Å². The average Bonchev–Trinajstić information content (AvgIpc) is 3.29. The number of nitrogens with one attached hydrogen (secondary N) is 1. The third-order valence-corrected chi connectivity index (χ3v) is 5.34. The van der Waals surface area contributed by atoms with E-state index in [1.54, 1.807) is 6.20 Å². The third-order valence-electron chi connectivity index (χ3n) is 5.34. The first-order valence-corrected chi connectivity index (χ1v) is 9.42. The van der Waals surface area contributed by atoms with Crippen LogP contribution in [0.3, 0.4) is 0 Å². The Bertz CT molecular complexity index is 584. The number of piperazine rings is 1. The number of aliphatic hydroxyl groups excluding tert-OH is 1. The molecule has 1 aliphatic carbocycles. The van der Waals surface area contributed by atoms with Crippen LogP contribution in [-0.2, 0) is 4.79 Å². The lowest BCUT2D eigenvalue weighted by Gasteiger charge is -2.40. The van der Waals surface area contributed by atoms with E-state index < -0.39 is 0 Å². The predicted octanol–water partition coefficient (Wildman–Crippen LogP) is 1.18. The Labute approximate surface area is 150 Å². The normalized spacial score (nSPS) is 24.9. The highest BCUT2D eigenvalue weighted by molar-refractivity contribution is 5.91. The average molecular weight is 349 g/mol. The van der Waals surface area contributed by atoms with Gasteiger partial charge in [-0.05, 0) is 39.5 Å². The van der Waals surface area contributed by atoms with Crippen LogP contribution >= 0.6 is 0 Å². The summed E-state index contributed by atoms with van der Waals surface area (Å²) in [5.41, 5.74) is 0. The molecule has 1 aromatic heterocycles. The number of carbonyl (C=O) groups excluding carboxylic acids is 1. The quantitative estimate of drug-likeness (QED) is 0.773. The molecule has 1 aromatic rings. The van der Waals surface area contributed by atoms with Gasteiger partial charge in [-0.25, -0.2) is 4.68 Å². The molecule has 1 saturated heterocycles. The van der Waals surface area contributed by atoms with E-state index in [4.69, 9.17) is 0 Å². The number of rotatable bonds is 7. The summed E-state index contributed by atoms with van der Waals surface area (Å²) in [7, 11) is 0. The molecule has 0 aromatic carbocycles. The number of carbonyl (C=O) groups is 1. The molecule has 2 N–H and O–H groups in total. The molecule has 1 saturated carbocycles. The summed E-state index contributed by atoms with van der Waals surface area (Å²) in [5.74, 6) is 1.50. The van der Waals surface area contributed by atoms with E-state index in [1.807, 2.05) is 17.7 Å². The van der Waals surface area contributed by atoms with E-state index in [-0.39, 0.29) is 12.0 Å². The van der Waals surface area contributed by atoms with E-state index in [2.05, 4.69) is 34.1 Å². The molecule has 3 atom stereocenters. The van der Waals surface area contributed by atoms with Crippen LogP contribution in [-0.4, -0.2) is 75.5 Å². The van der Waals surface area contributed by atoms with Gasteiger partial charge in [0.2, 0.25) is 5.91 Å². The third kappa shape index (κ3) is 4.80. The second kappa shape index (κ2) is 7.85. The van der Waals surface area contributed by atoms with Gasteiger partial charge in [-0.2, -0.15) is 5.10 Å². The van der Waals surface area contributed by atoms with E-state index in [0.717, 1.165) is 25.5 Å². The maximum absolute atomic E-state index is 12.5. The lowest BCUT2D eigenvalue weighted by molar-refractivity contribution is -0.118. The fourth-order valence-electron chi connectivity index (χ4n) is 3.73. The summed E-state index contributed by atoms with van der Waals surface area (Å²) >= 11 is 0. The van der Waals surface area contributed by atoms with Crippen molar-refractivity contribution < 1.29 is 9.90 Å². The first kappa shape index (κ1) is 18.4. The Hall–Kier alpha value is -1.44. The van der Waals surface area contributed by atoms with Gasteiger partial charge in [-0.3, -0.25) is 14.6 Å². The van der Waals surface area contributed by atoms with Gasteiger partial charge in [-0.1, -0.05) is 0 Å². The summed E-state index contributed by atoms with van der Waals surface area (Å²) in [6.45, 7) is 9.81. The van der Waals surface area contributed by atoms with Crippen LogP contribution in [0.4, 0.5) is 5.82 Å². The number of amides is 1. The summed E-state index contributed by atoms with van der Waals surface area (Å²) in [6.07, 6.45) is 3.95. The Kier molecular flexibility index (Phi) is 5.76. The lowest BCUT2D eigenvalue weighted by atomic mass is 10.1. The molecule has 140 valence electrons. The van der Waals surface area contributed by atoms with Crippen LogP contribution in [0.15, 0.2) is 12.3 Å². The SMILES string of the molecule is C[C@H](O)CN1CCN(CC(=O)Nc2ccnn2[C@H](C)C2CC2)C[C@@H]1C. The lowest BCUT2D eigenvalue weighted by Crippen LogP contribution is -2.54. The van der Waals surface area contributed by atoms with Gasteiger partial charge in [0.15, 0.2) is 0 Å². The molecule has 0 bridgehead atoms. The minimum absolute atomic E-state index is 0.0147. The molecule has 25 heavy (non-hydrogen) atoms. The van der Waals surface area contributed by atoms with Crippen molar-refractivity contribution in [3.63, 3.8) is 0 Å². The fraction of sp³-hybridized carbons (Fsp3) is 0.778. The van der Waals surface area contributed by atoms with Crippen molar-refractivity contribution in [1.29, 1.82) is 0 Å². The second-order valence-corrected chi connectivity index (χ2v) is 7.72.